The Kier molecular flexibility index (Phi) is 3.14. The van der Waals surface area contributed by atoms with Crippen LogP contribution in [-0.4, -0.2) is 23.0 Å². The van der Waals surface area contributed by atoms with E-state index in [2.05, 4.69) is 30.6 Å². The van der Waals surface area contributed by atoms with Crippen LogP contribution in [0.2, 0.25) is 0 Å². The van der Waals surface area contributed by atoms with Crippen LogP contribution in [0.5, 0.6) is 0 Å². The van der Waals surface area contributed by atoms with Crippen molar-refractivity contribution in [1.29, 1.82) is 0 Å². The topological polar surface area (TPSA) is 52.1 Å². The molecule has 1 aromatic carbocycles. The molecule has 82 valence electrons. The molecule has 2 aromatic rings. The third kappa shape index (κ3) is 2.36. The minimum absolute atomic E-state index is 0.145. The van der Waals surface area contributed by atoms with Gasteiger partial charge in [0.2, 0.25) is 0 Å². The largest absolute Gasteiger partial charge is 0.469 e. The Morgan fingerprint density at radius 2 is 2.25 bits per heavy atom. The Bertz CT molecular complexity index is 542. The molecule has 0 aliphatic heterocycles. The summed E-state index contributed by atoms with van der Waals surface area (Å²) in [7, 11) is 1.35. The maximum absolute atomic E-state index is 11.1. The van der Waals surface area contributed by atoms with Crippen LogP contribution in [0, 0.1) is 0 Å². The smallest absolute Gasteiger partial charge is 0.311 e. The molecule has 0 radical (unpaired) electrons. The van der Waals surface area contributed by atoms with Crippen molar-refractivity contribution in [2.24, 2.45) is 0 Å². The van der Waals surface area contributed by atoms with Gasteiger partial charge in [0.15, 0.2) is 0 Å². The Morgan fingerprint density at radius 3 is 3.00 bits per heavy atom. The minimum atomic E-state index is -0.316. The molecule has 4 nitrogen and oxygen atoms in total. The molecule has 0 aliphatic rings. The molecular formula is C11H9BrN2O2. The van der Waals surface area contributed by atoms with Gasteiger partial charge in [-0.15, -0.1) is 0 Å². The fraction of sp³-hybridized carbons (Fsp3) is 0.182. The average Bonchev–Trinajstić information content (AvgIpc) is 2.28. The van der Waals surface area contributed by atoms with E-state index in [9.17, 15) is 4.79 Å². The first-order valence-electron chi connectivity index (χ1n) is 4.67. The summed E-state index contributed by atoms with van der Waals surface area (Å²) in [5.41, 5.74) is 2.17. The van der Waals surface area contributed by atoms with Crippen LogP contribution in [0.15, 0.2) is 28.9 Å². The number of methoxy groups -OCH3 is 1. The highest BCUT2D eigenvalue weighted by molar-refractivity contribution is 9.10. The predicted molar refractivity (Wildman–Crippen MR) is 63.0 cm³/mol. The van der Waals surface area contributed by atoms with Crippen LogP contribution in [0.4, 0.5) is 0 Å². The van der Waals surface area contributed by atoms with E-state index in [1.54, 1.807) is 6.20 Å². The van der Waals surface area contributed by atoms with E-state index in [0.29, 0.717) is 5.69 Å². The zero-order valence-electron chi connectivity index (χ0n) is 8.61. The van der Waals surface area contributed by atoms with Gasteiger partial charge in [-0.3, -0.25) is 9.78 Å². The molecule has 0 aliphatic carbocycles. The molecular weight excluding hydrogens is 272 g/mol. The van der Waals surface area contributed by atoms with Crippen molar-refractivity contribution in [1.82, 2.24) is 9.97 Å². The molecule has 16 heavy (non-hydrogen) atoms. The van der Waals surface area contributed by atoms with Crippen molar-refractivity contribution >= 4 is 32.9 Å². The molecule has 0 saturated heterocycles. The van der Waals surface area contributed by atoms with Crippen molar-refractivity contribution in [3.8, 4) is 0 Å². The summed E-state index contributed by atoms with van der Waals surface area (Å²) >= 11 is 3.36. The number of carbonyl (C=O) groups is 1. The standard InChI is InChI=1S/C11H9BrN2O2/c1-16-11(15)5-8-6-13-9-3-2-7(12)4-10(9)14-8/h2-4,6H,5H2,1H3. The summed E-state index contributed by atoms with van der Waals surface area (Å²) in [6.45, 7) is 0. The summed E-state index contributed by atoms with van der Waals surface area (Å²) < 4.78 is 5.51. The molecule has 5 heteroatoms. The van der Waals surface area contributed by atoms with Crippen LogP contribution in [0.3, 0.4) is 0 Å². The second-order valence-corrected chi connectivity index (χ2v) is 4.16. The predicted octanol–water partition coefficient (Wildman–Crippen LogP) is 2.11. The van der Waals surface area contributed by atoms with Gasteiger partial charge >= 0.3 is 5.97 Å². The summed E-state index contributed by atoms with van der Waals surface area (Å²) in [5.74, 6) is -0.316. The number of halogens is 1. The highest BCUT2D eigenvalue weighted by atomic mass is 79.9. The van der Waals surface area contributed by atoms with Gasteiger partial charge in [0.25, 0.3) is 0 Å². The Hall–Kier alpha value is -1.49. The zero-order valence-corrected chi connectivity index (χ0v) is 10.2. The van der Waals surface area contributed by atoms with Gasteiger partial charge in [-0.2, -0.15) is 0 Å². The van der Waals surface area contributed by atoms with Gasteiger partial charge in [-0.25, -0.2) is 4.98 Å². The van der Waals surface area contributed by atoms with Crippen molar-refractivity contribution in [2.75, 3.05) is 7.11 Å². The number of hydrogen-bond donors (Lipinski definition) is 0. The van der Waals surface area contributed by atoms with Crippen molar-refractivity contribution in [2.45, 2.75) is 6.42 Å². The maximum atomic E-state index is 11.1. The quantitative estimate of drug-likeness (QED) is 0.791. The molecule has 0 saturated carbocycles. The van der Waals surface area contributed by atoms with Crippen LogP contribution in [0.25, 0.3) is 11.0 Å². The van der Waals surface area contributed by atoms with E-state index in [1.165, 1.54) is 7.11 Å². The van der Waals surface area contributed by atoms with Gasteiger partial charge in [-0.05, 0) is 18.2 Å². The van der Waals surface area contributed by atoms with Gasteiger partial charge < -0.3 is 4.74 Å². The molecule has 0 atom stereocenters. The maximum Gasteiger partial charge on any atom is 0.311 e. The Balaban J connectivity index is 2.39. The number of benzene rings is 1. The summed E-state index contributed by atoms with van der Waals surface area (Å²) in [6.07, 6.45) is 1.74. The molecule has 0 bridgehead atoms. The van der Waals surface area contributed by atoms with Crippen molar-refractivity contribution in [3.63, 3.8) is 0 Å². The molecule has 0 fully saturated rings. The van der Waals surface area contributed by atoms with Gasteiger partial charge in [0.05, 0.1) is 30.3 Å². The van der Waals surface area contributed by atoms with Crippen LogP contribution in [-0.2, 0) is 16.0 Å². The second kappa shape index (κ2) is 4.57. The second-order valence-electron chi connectivity index (χ2n) is 3.25. The first kappa shape index (κ1) is 11.0. The Labute approximate surface area is 101 Å². The summed E-state index contributed by atoms with van der Waals surface area (Å²) in [4.78, 5) is 19.6. The monoisotopic (exact) mass is 280 g/mol. The van der Waals surface area contributed by atoms with Crippen molar-refractivity contribution < 1.29 is 9.53 Å². The van der Waals surface area contributed by atoms with E-state index < -0.39 is 0 Å². The molecule has 1 aromatic heterocycles. The zero-order chi connectivity index (χ0) is 11.5. The highest BCUT2D eigenvalue weighted by Gasteiger charge is 2.06. The number of nitrogens with zero attached hydrogens (tertiary/aromatic N) is 2. The SMILES string of the molecule is COC(=O)Cc1cnc2ccc(Br)cc2n1. The Morgan fingerprint density at radius 1 is 1.44 bits per heavy atom. The van der Waals surface area contributed by atoms with Gasteiger partial charge in [0, 0.05) is 10.7 Å². The molecule has 0 N–H and O–H groups in total. The normalized spacial score (nSPS) is 10.4. The van der Waals surface area contributed by atoms with E-state index in [0.717, 1.165) is 15.5 Å². The molecule has 0 spiro atoms. The molecule has 1 heterocycles. The van der Waals surface area contributed by atoms with E-state index in [1.807, 2.05) is 18.2 Å². The van der Waals surface area contributed by atoms with Crippen LogP contribution >= 0.6 is 15.9 Å². The lowest BCUT2D eigenvalue weighted by Crippen LogP contribution is -2.06. The number of aromatic nitrogens is 2. The average molecular weight is 281 g/mol. The number of ether oxygens (including phenoxy) is 1. The third-order valence-corrected chi connectivity index (χ3v) is 2.60. The molecule has 2 rings (SSSR count). The third-order valence-electron chi connectivity index (χ3n) is 2.11. The van der Waals surface area contributed by atoms with Crippen molar-refractivity contribution in [3.05, 3.63) is 34.6 Å². The van der Waals surface area contributed by atoms with Crippen LogP contribution < -0.4 is 0 Å². The lowest BCUT2D eigenvalue weighted by Gasteiger charge is -2.01. The fourth-order valence-electron chi connectivity index (χ4n) is 1.33. The fourth-order valence-corrected chi connectivity index (χ4v) is 1.68. The summed E-state index contributed by atoms with van der Waals surface area (Å²) in [5, 5.41) is 0. The van der Waals surface area contributed by atoms with E-state index >= 15 is 0 Å². The number of esters is 1. The van der Waals surface area contributed by atoms with Gasteiger partial charge in [0.1, 0.15) is 0 Å². The first-order valence-corrected chi connectivity index (χ1v) is 5.46. The number of fused-ring (bicyclic) bond motifs is 1. The lowest BCUT2D eigenvalue weighted by molar-refractivity contribution is -0.139. The minimum Gasteiger partial charge on any atom is -0.469 e. The molecule has 0 unspecified atom stereocenters. The summed E-state index contributed by atoms with van der Waals surface area (Å²) in [6, 6.07) is 5.63. The highest BCUT2D eigenvalue weighted by Crippen LogP contribution is 2.16. The number of rotatable bonds is 2. The van der Waals surface area contributed by atoms with E-state index in [4.69, 9.17) is 0 Å². The number of carbonyl (C=O) groups excluding carboxylic acids is 1. The molecule has 0 amide bonds. The lowest BCUT2D eigenvalue weighted by atomic mass is 10.2. The van der Waals surface area contributed by atoms with Crippen LogP contribution in [0.1, 0.15) is 5.69 Å². The van der Waals surface area contributed by atoms with E-state index in [-0.39, 0.29) is 12.4 Å². The first-order chi connectivity index (χ1) is 7.69. The van der Waals surface area contributed by atoms with Gasteiger partial charge in [-0.1, -0.05) is 15.9 Å². The number of hydrogen-bond acceptors (Lipinski definition) is 4.